The van der Waals surface area contributed by atoms with Crippen molar-refractivity contribution in [2.45, 2.75) is 6.42 Å². The number of likely N-dealkylation sites (N-methyl/N-ethyl adjacent to an activating group) is 1. The lowest BCUT2D eigenvalue weighted by atomic mass is 10.2. The van der Waals surface area contributed by atoms with Crippen molar-refractivity contribution in [2.75, 3.05) is 26.8 Å². The van der Waals surface area contributed by atoms with E-state index in [1.165, 1.54) is 0 Å². The summed E-state index contributed by atoms with van der Waals surface area (Å²) >= 11 is 1.70. The standard InChI is InChI=1S/C20H22N2O2S/c1-21-12-11-20-22-19(15-25-20)16-7-9-18(10-8-16)24-14-13-23-17-5-3-2-4-6-17/h2-10,15,21H,11-14H2,1H3. The van der Waals surface area contributed by atoms with Gasteiger partial charge in [0.2, 0.25) is 0 Å². The lowest BCUT2D eigenvalue weighted by Gasteiger charge is -2.08. The van der Waals surface area contributed by atoms with Gasteiger partial charge in [-0.25, -0.2) is 4.98 Å². The Morgan fingerprint density at radius 3 is 2.28 bits per heavy atom. The Labute approximate surface area is 152 Å². The molecule has 0 saturated carbocycles. The Bertz CT molecular complexity index is 757. The van der Waals surface area contributed by atoms with Crippen molar-refractivity contribution in [2.24, 2.45) is 0 Å². The van der Waals surface area contributed by atoms with Gasteiger partial charge in [-0.15, -0.1) is 11.3 Å². The van der Waals surface area contributed by atoms with Crippen molar-refractivity contribution in [3.05, 3.63) is 65.0 Å². The number of nitrogens with one attached hydrogen (secondary N) is 1. The Balaban J connectivity index is 1.47. The van der Waals surface area contributed by atoms with E-state index in [2.05, 4.69) is 15.7 Å². The maximum Gasteiger partial charge on any atom is 0.122 e. The molecule has 0 unspecified atom stereocenters. The first-order valence-corrected chi connectivity index (χ1v) is 9.23. The molecule has 0 fully saturated rings. The molecule has 5 heteroatoms. The van der Waals surface area contributed by atoms with Crippen LogP contribution in [-0.2, 0) is 6.42 Å². The number of hydrogen-bond donors (Lipinski definition) is 1. The molecule has 0 aliphatic carbocycles. The second kappa shape index (κ2) is 9.20. The number of thiazole rings is 1. The van der Waals surface area contributed by atoms with Gasteiger partial charge in [-0.1, -0.05) is 18.2 Å². The van der Waals surface area contributed by atoms with Gasteiger partial charge in [0.15, 0.2) is 0 Å². The van der Waals surface area contributed by atoms with Crippen molar-refractivity contribution >= 4 is 11.3 Å². The van der Waals surface area contributed by atoms with Crippen LogP contribution in [0.3, 0.4) is 0 Å². The van der Waals surface area contributed by atoms with Crippen LogP contribution < -0.4 is 14.8 Å². The number of para-hydroxylation sites is 1. The normalized spacial score (nSPS) is 10.6. The van der Waals surface area contributed by atoms with Crippen LogP contribution in [0.2, 0.25) is 0 Å². The van der Waals surface area contributed by atoms with Crippen molar-refractivity contribution in [1.82, 2.24) is 10.3 Å². The van der Waals surface area contributed by atoms with Gasteiger partial charge < -0.3 is 14.8 Å². The molecule has 0 saturated heterocycles. The molecule has 1 heterocycles. The summed E-state index contributed by atoms with van der Waals surface area (Å²) in [7, 11) is 1.96. The second-order valence-electron chi connectivity index (χ2n) is 5.51. The van der Waals surface area contributed by atoms with Crippen LogP contribution in [0.4, 0.5) is 0 Å². The zero-order valence-electron chi connectivity index (χ0n) is 14.3. The van der Waals surface area contributed by atoms with Gasteiger partial charge in [-0.05, 0) is 43.4 Å². The summed E-state index contributed by atoms with van der Waals surface area (Å²) in [5, 5.41) is 6.41. The van der Waals surface area contributed by atoms with Crippen LogP contribution in [0, 0.1) is 0 Å². The minimum Gasteiger partial charge on any atom is -0.490 e. The third-order valence-electron chi connectivity index (χ3n) is 3.65. The highest BCUT2D eigenvalue weighted by Gasteiger charge is 2.05. The zero-order chi connectivity index (χ0) is 17.3. The molecule has 0 atom stereocenters. The van der Waals surface area contributed by atoms with E-state index in [0.717, 1.165) is 40.7 Å². The fraction of sp³-hybridized carbons (Fsp3) is 0.250. The van der Waals surface area contributed by atoms with E-state index in [1.807, 2.05) is 61.6 Å². The highest BCUT2D eigenvalue weighted by Crippen LogP contribution is 2.24. The molecule has 0 aliphatic rings. The Kier molecular flexibility index (Phi) is 6.42. The van der Waals surface area contributed by atoms with Gasteiger partial charge in [-0.2, -0.15) is 0 Å². The summed E-state index contributed by atoms with van der Waals surface area (Å²) < 4.78 is 11.3. The topological polar surface area (TPSA) is 43.4 Å². The van der Waals surface area contributed by atoms with Gasteiger partial charge >= 0.3 is 0 Å². The van der Waals surface area contributed by atoms with E-state index in [-0.39, 0.29) is 0 Å². The third-order valence-corrected chi connectivity index (χ3v) is 4.56. The number of rotatable bonds is 9. The number of benzene rings is 2. The first kappa shape index (κ1) is 17.5. The van der Waals surface area contributed by atoms with Crippen molar-refractivity contribution in [1.29, 1.82) is 0 Å². The predicted molar refractivity (Wildman–Crippen MR) is 103 cm³/mol. The average molecular weight is 354 g/mol. The highest BCUT2D eigenvalue weighted by molar-refractivity contribution is 7.09. The van der Waals surface area contributed by atoms with Crippen LogP contribution in [0.25, 0.3) is 11.3 Å². The van der Waals surface area contributed by atoms with E-state index in [1.54, 1.807) is 11.3 Å². The molecule has 1 aromatic heterocycles. The first-order valence-electron chi connectivity index (χ1n) is 8.35. The summed E-state index contributed by atoms with van der Waals surface area (Å²) in [6.07, 6.45) is 0.962. The fourth-order valence-corrected chi connectivity index (χ4v) is 3.16. The molecule has 25 heavy (non-hydrogen) atoms. The van der Waals surface area contributed by atoms with Crippen LogP contribution in [0.15, 0.2) is 60.0 Å². The van der Waals surface area contributed by atoms with E-state index >= 15 is 0 Å². The summed E-state index contributed by atoms with van der Waals surface area (Å²) in [4.78, 5) is 4.67. The van der Waals surface area contributed by atoms with Gasteiger partial charge in [0.1, 0.15) is 24.7 Å². The molecule has 0 aliphatic heterocycles. The lowest BCUT2D eigenvalue weighted by molar-refractivity contribution is 0.217. The summed E-state index contributed by atoms with van der Waals surface area (Å²) in [6, 6.07) is 17.8. The molecule has 2 aromatic carbocycles. The molecule has 0 spiro atoms. The van der Waals surface area contributed by atoms with E-state index in [9.17, 15) is 0 Å². The Morgan fingerprint density at radius 1 is 0.920 bits per heavy atom. The van der Waals surface area contributed by atoms with Gasteiger partial charge in [-0.3, -0.25) is 0 Å². The largest absolute Gasteiger partial charge is 0.490 e. The molecule has 3 aromatic rings. The van der Waals surface area contributed by atoms with Gasteiger partial charge in [0, 0.05) is 23.9 Å². The van der Waals surface area contributed by atoms with Crippen LogP contribution >= 0.6 is 11.3 Å². The minimum atomic E-state index is 0.513. The van der Waals surface area contributed by atoms with Crippen LogP contribution in [-0.4, -0.2) is 31.8 Å². The second-order valence-corrected chi connectivity index (χ2v) is 6.46. The smallest absolute Gasteiger partial charge is 0.122 e. The summed E-state index contributed by atoms with van der Waals surface area (Å²) in [6.45, 7) is 1.98. The van der Waals surface area contributed by atoms with Gasteiger partial charge in [0.25, 0.3) is 0 Å². The predicted octanol–water partition coefficient (Wildman–Crippen LogP) is 4.03. The number of nitrogens with zero attached hydrogens (tertiary/aromatic N) is 1. The quantitative estimate of drug-likeness (QED) is 0.589. The molecule has 130 valence electrons. The Morgan fingerprint density at radius 2 is 1.60 bits per heavy atom. The summed E-state index contributed by atoms with van der Waals surface area (Å²) in [5.41, 5.74) is 2.13. The lowest BCUT2D eigenvalue weighted by Crippen LogP contribution is -2.09. The fourth-order valence-electron chi connectivity index (χ4n) is 2.35. The first-order chi connectivity index (χ1) is 12.3. The van der Waals surface area contributed by atoms with E-state index in [4.69, 9.17) is 9.47 Å². The SMILES string of the molecule is CNCCc1nc(-c2ccc(OCCOc3ccccc3)cc2)cs1. The molecule has 3 rings (SSSR count). The Hall–Kier alpha value is -2.37. The number of ether oxygens (including phenoxy) is 2. The number of aromatic nitrogens is 1. The molecule has 1 N–H and O–H groups in total. The summed E-state index contributed by atoms with van der Waals surface area (Å²) in [5.74, 6) is 1.70. The zero-order valence-corrected chi connectivity index (χ0v) is 15.1. The monoisotopic (exact) mass is 354 g/mol. The maximum absolute atomic E-state index is 5.73. The van der Waals surface area contributed by atoms with E-state index in [0.29, 0.717) is 13.2 Å². The minimum absolute atomic E-state index is 0.513. The molecule has 0 bridgehead atoms. The van der Waals surface area contributed by atoms with Gasteiger partial charge in [0.05, 0.1) is 10.7 Å². The molecule has 4 nitrogen and oxygen atoms in total. The molecular formula is C20H22N2O2S. The maximum atomic E-state index is 5.73. The number of hydrogen-bond acceptors (Lipinski definition) is 5. The molecular weight excluding hydrogens is 332 g/mol. The van der Waals surface area contributed by atoms with Crippen molar-refractivity contribution in [3.63, 3.8) is 0 Å². The molecule has 0 amide bonds. The van der Waals surface area contributed by atoms with Crippen LogP contribution in [0.5, 0.6) is 11.5 Å². The molecule has 0 radical (unpaired) electrons. The third kappa shape index (κ3) is 5.31. The average Bonchev–Trinajstić information content (AvgIpc) is 3.14. The highest BCUT2D eigenvalue weighted by atomic mass is 32.1. The van der Waals surface area contributed by atoms with Crippen LogP contribution in [0.1, 0.15) is 5.01 Å². The van der Waals surface area contributed by atoms with E-state index < -0.39 is 0 Å². The van der Waals surface area contributed by atoms with Crippen molar-refractivity contribution < 1.29 is 9.47 Å². The van der Waals surface area contributed by atoms with Crippen molar-refractivity contribution in [3.8, 4) is 22.8 Å².